The Morgan fingerprint density at radius 2 is 1.91 bits per heavy atom. The third-order valence-corrected chi connectivity index (χ3v) is 3.39. The van der Waals surface area contributed by atoms with Crippen molar-refractivity contribution in [1.82, 2.24) is 5.32 Å². The lowest BCUT2D eigenvalue weighted by atomic mass is 9.86. The molecule has 0 saturated heterocycles. The van der Waals surface area contributed by atoms with E-state index >= 15 is 0 Å². The summed E-state index contributed by atoms with van der Waals surface area (Å²) in [6, 6.07) is 9.06. The van der Waals surface area contributed by atoms with Crippen molar-refractivity contribution in [2.75, 3.05) is 11.9 Å². The fourth-order valence-electron chi connectivity index (χ4n) is 2.05. The smallest absolute Gasteiger partial charge is 0.319 e. The molecule has 1 aromatic rings. The van der Waals surface area contributed by atoms with Crippen LogP contribution in [0.1, 0.15) is 39.7 Å². The molecule has 0 aromatic heterocycles. The number of urea groups is 1. The fraction of sp³-hybridized carbons (Fsp3) is 0.529. The first-order chi connectivity index (χ1) is 10.2. The summed E-state index contributed by atoms with van der Waals surface area (Å²) in [5.74, 6) is 0.385. The topological polar surface area (TPSA) is 85.2 Å². The number of carbonyl (C=O) groups excluding carboxylic acids is 1. The summed E-state index contributed by atoms with van der Waals surface area (Å²) in [5, 5.41) is 24.2. The normalized spacial score (nSPS) is 12.6. The van der Waals surface area contributed by atoms with Crippen LogP contribution >= 0.6 is 0 Å². The third-order valence-electron chi connectivity index (χ3n) is 3.39. The SMILES string of the molecule is CC(C)C[C@H](O)CNC(=O)Nc1ccc(C(C)(C)C#N)cc1. The van der Waals surface area contributed by atoms with Gasteiger partial charge in [-0.1, -0.05) is 26.0 Å². The van der Waals surface area contributed by atoms with Crippen molar-refractivity contribution in [2.45, 2.75) is 45.6 Å². The average Bonchev–Trinajstić information content (AvgIpc) is 2.45. The van der Waals surface area contributed by atoms with Crippen molar-refractivity contribution >= 4 is 11.7 Å². The van der Waals surface area contributed by atoms with Gasteiger partial charge in [0.25, 0.3) is 0 Å². The highest BCUT2D eigenvalue weighted by Crippen LogP contribution is 2.23. The van der Waals surface area contributed by atoms with E-state index < -0.39 is 11.5 Å². The molecule has 1 atom stereocenters. The van der Waals surface area contributed by atoms with Gasteiger partial charge in [-0.05, 0) is 43.9 Å². The van der Waals surface area contributed by atoms with Gasteiger partial charge in [-0.3, -0.25) is 0 Å². The van der Waals surface area contributed by atoms with Crippen LogP contribution in [0.3, 0.4) is 0 Å². The maximum absolute atomic E-state index is 11.8. The summed E-state index contributed by atoms with van der Waals surface area (Å²) >= 11 is 0. The molecule has 0 radical (unpaired) electrons. The second-order valence-electron chi connectivity index (χ2n) is 6.43. The van der Waals surface area contributed by atoms with E-state index in [4.69, 9.17) is 5.26 Å². The quantitative estimate of drug-likeness (QED) is 0.755. The molecule has 120 valence electrons. The number of rotatable bonds is 6. The lowest BCUT2D eigenvalue weighted by Gasteiger charge is -2.17. The number of nitrogens with zero attached hydrogens (tertiary/aromatic N) is 1. The largest absolute Gasteiger partial charge is 0.391 e. The minimum atomic E-state index is -0.554. The zero-order valence-electron chi connectivity index (χ0n) is 13.7. The standard InChI is InChI=1S/C17H25N3O2/c1-12(2)9-15(21)10-19-16(22)20-14-7-5-13(6-8-14)17(3,4)11-18/h5-8,12,15,21H,9-10H2,1-4H3,(H2,19,20,22)/t15-/m0/s1. The van der Waals surface area contributed by atoms with Crippen LogP contribution in [0.25, 0.3) is 0 Å². The predicted molar refractivity (Wildman–Crippen MR) is 87.6 cm³/mol. The van der Waals surface area contributed by atoms with Gasteiger partial charge in [0.1, 0.15) is 0 Å². The van der Waals surface area contributed by atoms with E-state index in [0.717, 1.165) is 5.56 Å². The summed E-state index contributed by atoms with van der Waals surface area (Å²) in [6.07, 6.45) is 0.114. The number of anilines is 1. The first kappa shape index (κ1) is 18.0. The van der Waals surface area contributed by atoms with Crippen molar-refractivity contribution in [1.29, 1.82) is 5.26 Å². The van der Waals surface area contributed by atoms with E-state index in [1.165, 1.54) is 0 Å². The Kier molecular flexibility index (Phi) is 6.39. The van der Waals surface area contributed by atoms with Gasteiger partial charge >= 0.3 is 6.03 Å². The first-order valence-corrected chi connectivity index (χ1v) is 7.49. The van der Waals surface area contributed by atoms with Gasteiger partial charge in [-0.25, -0.2) is 4.79 Å². The Balaban J connectivity index is 2.51. The van der Waals surface area contributed by atoms with E-state index in [0.29, 0.717) is 18.0 Å². The molecule has 5 heteroatoms. The second-order valence-corrected chi connectivity index (χ2v) is 6.43. The van der Waals surface area contributed by atoms with E-state index in [1.807, 2.05) is 39.8 Å². The van der Waals surface area contributed by atoms with Gasteiger partial charge in [0.15, 0.2) is 0 Å². The Morgan fingerprint density at radius 3 is 2.41 bits per heavy atom. The molecular weight excluding hydrogens is 278 g/mol. The summed E-state index contributed by atoms with van der Waals surface area (Å²) in [6.45, 7) is 7.96. The molecule has 5 nitrogen and oxygen atoms in total. The first-order valence-electron chi connectivity index (χ1n) is 7.49. The van der Waals surface area contributed by atoms with Crippen LogP contribution in [-0.2, 0) is 5.41 Å². The van der Waals surface area contributed by atoms with Crippen LogP contribution in [0.4, 0.5) is 10.5 Å². The molecule has 0 aliphatic rings. The zero-order valence-corrected chi connectivity index (χ0v) is 13.7. The average molecular weight is 303 g/mol. The maximum Gasteiger partial charge on any atom is 0.319 e. The maximum atomic E-state index is 11.8. The minimum absolute atomic E-state index is 0.226. The predicted octanol–water partition coefficient (Wildman–Crippen LogP) is 3.02. The molecule has 0 aliphatic heterocycles. The van der Waals surface area contributed by atoms with Crippen molar-refractivity contribution < 1.29 is 9.90 Å². The van der Waals surface area contributed by atoms with Crippen LogP contribution in [-0.4, -0.2) is 23.8 Å². The Hall–Kier alpha value is -2.06. The van der Waals surface area contributed by atoms with Crippen LogP contribution in [0, 0.1) is 17.2 Å². The molecule has 2 amide bonds. The van der Waals surface area contributed by atoms with Crippen molar-refractivity contribution in [3.8, 4) is 6.07 Å². The third kappa shape index (κ3) is 5.74. The highest BCUT2D eigenvalue weighted by molar-refractivity contribution is 5.89. The molecule has 0 spiro atoms. The molecule has 1 aromatic carbocycles. The summed E-state index contributed by atoms with van der Waals surface area (Å²) in [4.78, 5) is 11.8. The molecule has 1 rings (SSSR count). The summed E-state index contributed by atoms with van der Waals surface area (Å²) in [5.41, 5.74) is 0.989. The zero-order chi connectivity index (χ0) is 16.8. The molecular formula is C17H25N3O2. The van der Waals surface area contributed by atoms with Crippen LogP contribution in [0.15, 0.2) is 24.3 Å². The summed E-state index contributed by atoms with van der Waals surface area (Å²) in [7, 11) is 0. The Bertz CT molecular complexity index is 530. The van der Waals surface area contributed by atoms with Crippen LogP contribution in [0.5, 0.6) is 0 Å². The van der Waals surface area contributed by atoms with E-state index in [2.05, 4.69) is 16.7 Å². The minimum Gasteiger partial charge on any atom is -0.391 e. The summed E-state index contributed by atoms with van der Waals surface area (Å²) < 4.78 is 0. The molecule has 0 unspecified atom stereocenters. The Morgan fingerprint density at radius 1 is 1.32 bits per heavy atom. The van der Waals surface area contributed by atoms with Crippen molar-refractivity contribution in [3.63, 3.8) is 0 Å². The van der Waals surface area contributed by atoms with Gasteiger partial charge in [0, 0.05) is 12.2 Å². The highest BCUT2D eigenvalue weighted by atomic mass is 16.3. The Labute approximate surface area is 132 Å². The molecule has 0 bridgehead atoms. The van der Waals surface area contributed by atoms with Crippen molar-refractivity contribution in [2.24, 2.45) is 5.92 Å². The molecule has 0 fully saturated rings. The van der Waals surface area contributed by atoms with Gasteiger partial charge < -0.3 is 15.7 Å². The number of carbonyl (C=O) groups is 1. The molecule has 3 N–H and O–H groups in total. The van der Waals surface area contributed by atoms with Gasteiger partial charge in [0.2, 0.25) is 0 Å². The number of nitrogens with one attached hydrogen (secondary N) is 2. The number of hydrogen-bond donors (Lipinski definition) is 3. The van der Waals surface area contributed by atoms with Gasteiger partial charge in [-0.2, -0.15) is 5.26 Å². The monoisotopic (exact) mass is 303 g/mol. The van der Waals surface area contributed by atoms with Crippen LogP contribution in [0.2, 0.25) is 0 Å². The highest BCUT2D eigenvalue weighted by Gasteiger charge is 2.19. The molecule has 0 aliphatic carbocycles. The number of nitriles is 1. The van der Waals surface area contributed by atoms with Gasteiger partial charge in [0.05, 0.1) is 17.6 Å². The molecule has 0 heterocycles. The number of amides is 2. The number of benzene rings is 1. The van der Waals surface area contributed by atoms with E-state index in [1.54, 1.807) is 12.1 Å². The number of aliphatic hydroxyl groups is 1. The van der Waals surface area contributed by atoms with Crippen LogP contribution < -0.4 is 10.6 Å². The van der Waals surface area contributed by atoms with E-state index in [-0.39, 0.29) is 12.6 Å². The van der Waals surface area contributed by atoms with E-state index in [9.17, 15) is 9.90 Å². The lowest BCUT2D eigenvalue weighted by Crippen LogP contribution is -2.35. The van der Waals surface area contributed by atoms with Gasteiger partial charge in [-0.15, -0.1) is 0 Å². The van der Waals surface area contributed by atoms with Crippen molar-refractivity contribution in [3.05, 3.63) is 29.8 Å². The fourth-order valence-corrected chi connectivity index (χ4v) is 2.05. The number of hydrogen-bond acceptors (Lipinski definition) is 3. The molecule has 22 heavy (non-hydrogen) atoms. The number of aliphatic hydroxyl groups excluding tert-OH is 1. The second kappa shape index (κ2) is 7.81. The molecule has 0 saturated carbocycles. The lowest BCUT2D eigenvalue weighted by molar-refractivity contribution is 0.148.